The highest BCUT2D eigenvalue weighted by atomic mass is 19.1. The second-order valence-corrected chi connectivity index (χ2v) is 4.91. The Morgan fingerprint density at radius 1 is 1.42 bits per heavy atom. The van der Waals surface area contributed by atoms with Crippen LogP contribution in [0.2, 0.25) is 0 Å². The number of amides is 1. The van der Waals surface area contributed by atoms with Crippen LogP contribution < -0.4 is 0 Å². The van der Waals surface area contributed by atoms with Crippen LogP contribution in [-0.4, -0.2) is 23.9 Å². The van der Waals surface area contributed by atoms with Gasteiger partial charge >= 0.3 is 0 Å². The van der Waals surface area contributed by atoms with Gasteiger partial charge in [-0.1, -0.05) is 11.6 Å². The van der Waals surface area contributed by atoms with Gasteiger partial charge in [0.1, 0.15) is 5.82 Å². The van der Waals surface area contributed by atoms with Crippen molar-refractivity contribution in [3.63, 3.8) is 0 Å². The maximum atomic E-state index is 13.5. The number of rotatable bonds is 6. The second kappa shape index (κ2) is 7.07. The van der Waals surface area contributed by atoms with Crippen molar-refractivity contribution in [2.75, 3.05) is 13.1 Å². The zero-order valence-corrected chi connectivity index (χ0v) is 12.0. The van der Waals surface area contributed by atoms with Crippen LogP contribution in [0, 0.1) is 12.7 Å². The molecular formula is C16H22FNO. The summed E-state index contributed by atoms with van der Waals surface area (Å²) in [5.41, 5.74) is 2.09. The van der Waals surface area contributed by atoms with Crippen LogP contribution >= 0.6 is 0 Å². The lowest BCUT2D eigenvalue weighted by Gasteiger charge is -2.21. The van der Waals surface area contributed by atoms with Crippen molar-refractivity contribution in [3.05, 3.63) is 47.3 Å². The van der Waals surface area contributed by atoms with Gasteiger partial charge in [0.2, 0.25) is 0 Å². The van der Waals surface area contributed by atoms with Gasteiger partial charge in [0.05, 0.1) is 0 Å². The number of hydrogen-bond donors (Lipinski definition) is 0. The van der Waals surface area contributed by atoms with E-state index in [1.807, 2.05) is 13.8 Å². The normalized spacial score (nSPS) is 10.3. The lowest BCUT2D eigenvalue weighted by atomic mass is 10.1. The van der Waals surface area contributed by atoms with Crippen LogP contribution in [0.15, 0.2) is 30.4 Å². The van der Waals surface area contributed by atoms with Crippen LogP contribution in [0.25, 0.3) is 0 Å². The topological polar surface area (TPSA) is 20.3 Å². The van der Waals surface area contributed by atoms with Crippen LogP contribution in [0.5, 0.6) is 0 Å². The zero-order chi connectivity index (χ0) is 14.4. The first-order valence-electron chi connectivity index (χ1n) is 6.65. The van der Waals surface area contributed by atoms with E-state index in [4.69, 9.17) is 0 Å². The summed E-state index contributed by atoms with van der Waals surface area (Å²) in [5, 5.41) is 0. The molecule has 0 aromatic heterocycles. The summed E-state index contributed by atoms with van der Waals surface area (Å²) >= 11 is 0. The predicted octanol–water partition coefficient (Wildman–Crippen LogP) is 3.95. The number of halogens is 1. The predicted molar refractivity (Wildman–Crippen MR) is 76.8 cm³/mol. The fourth-order valence-electron chi connectivity index (χ4n) is 1.88. The molecule has 0 fully saturated rings. The number of benzene rings is 1. The smallest absolute Gasteiger partial charge is 0.253 e. The molecule has 3 heteroatoms. The van der Waals surface area contributed by atoms with E-state index in [0.29, 0.717) is 24.2 Å². The second-order valence-electron chi connectivity index (χ2n) is 4.91. The molecule has 0 heterocycles. The molecular weight excluding hydrogens is 241 g/mol. The third-order valence-corrected chi connectivity index (χ3v) is 3.12. The highest BCUT2D eigenvalue weighted by molar-refractivity contribution is 5.94. The fraction of sp³-hybridized carbons (Fsp3) is 0.438. The molecule has 0 aliphatic carbocycles. The molecule has 1 rings (SSSR count). The van der Waals surface area contributed by atoms with E-state index in [1.54, 1.807) is 24.0 Å². The highest BCUT2D eigenvalue weighted by Crippen LogP contribution is 2.12. The minimum Gasteiger partial charge on any atom is -0.339 e. The molecule has 1 amide bonds. The minimum atomic E-state index is -0.330. The van der Waals surface area contributed by atoms with Gasteiger partial charge in [0.25, 0.3) is 5.91 Å². The molecule has 0 saturated carbocycles. The standard InChI is InChI=1S/C16H22FNO/c1-5-18(10-6-7-12(2)3)16(19)14-9-8-13(4)15(17)11-14/h8-9,11H,2,5-7,10H2,1,3-4H3. The van der Waals surface area contributed by atoms with E-state index in [9.17, 15) is 9.18 Å². The number of allylic oxidation sites excluding steroid dienone is 1. The van der Waals surface area contributed by atoms with Crippen molar-refractivity contribution < 1.29 is 9.18 Å². The average molecular weight is 263 g/mol. The van der Waals surface area contributed by atoms with Crippen LogP contribution in [0.1, 0.15) is 42.6 Å². The molecule has 0 bridgehead atoms. The van der Waals surface area contributed by atoms with Gasteiger partial charge in [0, 0.05) is 18.7 Å². The SMILES string of the molecule is C=C(C)CCCN(CC)C(=O)c1ccc(C)c(F)c1. The lowest BCUT2D eigenvalue weighted by Crippen LogP contribution is -2.31. The summed E-state index contributed by atoms with van der Waals surface area (Å²) in [6, 6.07) is 4.64. The van der Waals surface area contributed by atoms with Gasteiger partial charge in [-0.25, -0.2) is 4.39 Å². The van der Waals surface area contributed by atoms with Crippen molar-refractivity contribution in [3.8, 4) is 0 Å². The van der Waals surface area contributed by atoms with Crippen molar-refractivity contribution in [2.24, 2.45) is 0 Å². The Morgan fingerprint density at radius 2 is 2.11 bits per heavy atom. The Kier molecular flexibility index (Phi) is 5.74. The summed E-state index contributed by atoms with van der Waals surface area (Å²) < 4.78 is 13.5. The van der Waals surface area contributed by atoms with Gasteiger partial charge in [-0.05, 0) is 51.3 Å². The number of nitrogens with zero attached hydrogens (tertiary/aromatic N) is 1. The van der Waals surface area contributed by atoms with Crippen molar-refractivity contribution >= 4 is 5.91 Å². The Balaban J connectivity index is 2.72. The van der Waals surface area contributed by atoms with Crippen molar-refractivity contribution in [1.29, 1.82) is 0 Å². The van der Waals surface area contributed by atoms with Crippen molar-refractivity contribution in [1.82, 2.24) is 4.90 Å². The third kappa shape index (κ3) is 4.51. The van der Waals surface area contributed by atoms with Crippen molar-refractivity contribution in [2.45, 2.75) is 33.6 Å². The van der Waals surface area contributed by atoms with Gasteiger partial charge in [-0.15, -0.1) is 6.58 Å². The summed E-state index contributed by atoms with van der Waals surface area (Å²) in [4.78, 5) is 14.0. The molecule has 104 valence electrons. The van der Waals surface area contributed by atoms with E-state index >= 15 is 0 Å². The molecule has 1 aromatic rings. The maximum absolute atomic E-state index is 13.5. The van der Waals surface area contributed by atoms with E-state index in [-0.39, 0.29) is 11.7 Å². The zero-order valence-electron chi connectivity index (χ0n) is 12.0. The Morgan fingerprint density at radius 3 is 2.63 bits per heavy atom. The molecule has 0 aliphatic heterocycles. The average Bonchev–Trinajstić information content (AvgIpc) is 2.37. The summed E-state index contributed by atoms with van der Waals surface area (Å²) in [5.74, 6) is -0.438. The summed E-state index contributed by atoms with van der Waals surface area (Å²) in [6.45, 7) is 10.8. The van der Waals surface area contributed by atoms with Crippen LogP contribution in [0.4, 0.5) is 4.39 Å². The molecule has 0 radical (unpaired) electrons. The molecule has 0 N–H and O–H groups in total. The Bertz CT molecular complexity index is 468. The Hall–Kier alpha value is -1.64. The number of hydrogen-bond acceptors (Lipinski definition) is 1. The van der Waals surface area contributed by atoms with E-state index in [0.717, 1.165) is 18.4 Å². The van der Waals surface area contributed by atoms with E-state index in [1.165, 1.54) is 6.07 Å². The van der Waals surface area contributed by atoms with Gasteiger partial charge in [-0.3, -0.25) is 4.79 Å². The molecule has 19 heavy (non-hydrogen) atoms. The monoisotopic (exact) mass is 263 g/mol. The van der Waals surface area contributed by atoms with Crippen LogP contribution in [0.3, 0.4) is 0 Å². The van der Waals surface area contributed by atoms with Crippen LogP contribution in [-0.2, 0) is 0 Å². The first kappa shape index (κ1) is 15.4. The van der Waals surface area contributed by atoms with E-state index < -0.39 is 0 Å². The van der Waals surface area contributed by atoms with E-state index in [2.05, 4.69) is 6.58 Å². The quantitative estimate of drug-likeness (QED) is 0.712. The molecule has 0 atom stereocenters. The molecule has 0 saturated heterocycles. The summed E-state index contributed by atoms with van der Waals surface area (Å²) in [7, 11) is 0. The first-order valence-corrected chi connectivity index (χ1v) is 6.65. The summed E-state index contributed by atoms with van der Waals surface area (Å²) in [6.07, 6.45) is 1.80. The molecule has 2 nitrogen and oxygen atoms in total. The van der Waals surface area contributed by atoms with Gasteiger partial charge in [0.15, 0.2) is 0 Å². The number of carbonyl (C=O) groups is 1. The lowest BCUT2D eigenvalue weighted by molar-refractivity contribution is 0.0762. The highest BCUT2D eigenvalue weighted by Gasteiger charge is 2.14. The number of aryl methyl sites for hydroxylation is 1. The largest absolute Gasteiger partial charge is 0.339 e. The minimum absolute atomic E-state index is 0.108. The Labute approximate surface area is 114 Å². The fourth-order valence-corrected chi connectivity index (χ4v) is 1.88. The molecule has 1 aromatic carbocycles. The van der Waals surface area contributed by atoms with Gasteiger partial charge in [-0.2, -0.15) is 0 Å². The number of carbonyl (C=O) groups excluding carboxylic acids is 1. The maximum Gasteiger partial charge on any atom is 0.253 e. The molecule has 0 spiro atoms. The molecule has 0 unspecified atom stereocenters. The first-order chi connectivity index (χ1) is 8.95. The van der Waals surface area contributed by atoms with Gasteiger partial charge < -0.3 is 4.90 Å². The molecule has 0 aliphatic rings. The third-order valence-electron chi connectivity index (χ3n) is 3.12.